The molecule has 0 radical (unpaired) electrons. The molecule has 20 heavy (non-hydrogen) atoms. The van der Waals surface area contributed by atoms with Gasteiger partial charge in [-0.1, -0.05) is 18.2 Å². The first kappa shape index (κ1) is 14.5. The van der Waals surface area contributed by atoms with Gasteiger partial charge in [0.05, 0.1) is 17.7 Å². The molecule has 0 aliphatic rings. The van der Waals surface area contributed by atoms with Crippen LogP contribution in [-0.2, 0) is 10.5 Å². The maximum absolute atomic E-state index is 11.0. The second kappa shape index (κ2) is 6.51. The molecular formula is C13H16N4O2S. The summed E-state index contributed by atoms with van der Waals surface area (Å²) in [5, 5.41) is 20.6. The molecule has 1 aromatic heterocycles. The minimum atomic E-state index is -0.852. The van der Waals surface area contributed by atoms with Gasteiger partial charge in [0.1, 0.15) is 0 Å². The van der Waals surface area contributed by atoms with Crippen LogP contribution < -0.4 is 0 Å². The number of benzene rings is 1. The lowest BCUT2D eigenvalue weighted by Crippen LogP contribution is -2.24. The monoisotopic (exact) mass is 292 g/mol. The summed E-state index contributed by atoms with van der Waals surface area (Å²) in [6.45, 7) is 3.47. The largest absolute Gasteiger partial charge is 0.481 e. The first-order valence-corrected chi connectivity index (χ1v) is 7.25. The minimum Gasteiger partial charge on any atom is -0.481 e. The summed E-state index contributed by atoms with van der Waals surface area (Å²) in [7, 11) is 0. The molecule has 1 N–H and O–H groups in total. The molecule has 0 saturated heterocycles. The summed E-state index contributed by atoms with van der Waals surface area (Å²) in [5.41, 5.74) is 0. The van der Waals surface area contributed by atoms with E-state index in [1.54, 1.807) is 23.4 Å². The Labute approximate surface area is 121 Å². The molecular weight excluding hydrogens is 276 g/mol. The lowest BCUT2D eigenvalue weighted by molar-refractivity contribution is -0.142. The third-order valence-electron chi connectivity index (χ3n) is 3.17. The molecule has 0 aliphatic heterocycles. The molecule has 106 valence electrons. The Morgan fingerprint density at radius 1 is 1.35 bits per heavy atom. The summed E-state index contributed by atoms with van der Waals surface area (Å²) >= 11 is 1.62. The fourth-order valence-electron chi connectivity index (χ4n) is 1.71. The SMILES string of the molecule is CC(C(=O)O)C(C)n1nnnc1CSc1ccccc1. The Kier molecular flexibility index (Phi) is 4.73. The van der Waals surface area contributed by atoms with Crippen molar-refractivity contribution in [2.75, 3.05) is 0 Å². The molecule has 0 fully saturated rings. The van der Waals surface area contributed by atoms with Crippen molar-refractivity contribution in [3.05, 3.63) is 36.2 Å². The molecule has 0 bridgehead atoms. The van der Waals surface area contributed by atoms with Gasteiger partial charge in [-0.2, -0.15) is 0 Å². The van der Waals surface area contributed by atoms with E-state index >= 15 is 0 Å². The van der Waals surface area contributed by atoms with Crippen LogP contribution in [0, 0.1) is 5.92 Å². The average Bonchev–Trinajstić information content (AvgIpc) is 2.93. The Bertz CT molecular complexity index is 573. The van der Waals surface area contributed by atoms with E-state index in [1.165, 1.54) is 0 Å². The van der Waals surface area contributed by atoms with Gasteiger partial charge in [0.25, 0.3) is 0 Å². The van der Waals surface area contributed by atoms with Gasteiger partial charge in [-0.05, 0) is 36.4 Å². The highest BCUT2D eigenvalue weighted by atomic mass is 32.2. The molecule has 0 aliphatic carbocycles. The van der Waals surface area contributed by atoms with Crippen LogP contribution in [0.2, 0.25) is 0 Å². The standard InChI is InChI=1S/C13H16N4O2S/c1-9(13(18)19)10(2)17-12(14-15-16-17)8-20-11-6-4-3-5-7-11/h3-7,9-10H,8H2,1-2H3,(H,18,19). The number of thioether (sulfide) groups is 1. The second-order valence-electron chi connectivity index (χ2n) is 4.51. The number of carbonyl (C=O) groups is 1. The van der Waals surface area contributed by atoms with E-state index in [0.29, 0.717) is 11.6 Å². The Morgan fingerprint density at radius 2 is 2.05 bits per heavy atom. The van der Waals surface area contributed by atoms with E-state index in [9.17, 15) is 4.79 Å². The van der Waals surface area contributed by atoms with Crippen molar-refractivity contribution in [3.63, 3.8) is 0 Å². The van der Waals surface area contributed by atoms with Gasteiger partial charge in [0.2, 0.25) is 0 Å². The number of aromatic nitrogens is 4. The van der Waals surface area contributed by atoms with Crippen LogP contribution in [0.4, 0.5) is 0 Å². The summed E-state index contributed by atoms with van der Waals surface area (Å²) in [4.78, 5) is 12.2. The van der Waals surface area contributed by atoms with Crippen molar-refractivity contribution in [1.82, 2.24) is 20.2 Å². The smallest absolute Gasteiger partial charge is 0.308 e. The minimum absolute atomic E-state index is 0.283. The van der Waals surface area contributed by atoms with Gasteiger partial charge < -0.3 is 5.11 Å². The van der Waals surface area contributed by atoms with E-state index in [0.717, 1.165) is 4.90 Å². The predicted molar refractivity (Wildman–Crippen MR) is 75.3 cm³/mol. The molecule has 0 spiro atoms. The van der Waals surface area contributed by atoms with Crippen LogP contribution in [0.5, 0.6) is 0 Å². The quantitative estimate of drug-likeness (QED) is 0.822. The number of tetrazole rings is 1. The Balaban J connectivity index is 2.07. The maximum Gasteiger partial charge on any atom is 0.308 e. The number of carboxylic acids is 1. The van der Waals surface area contributed by atoms with Crippen molar-refractivity contribution < 1.29 is 9.90 Å². The number of rotatable bonds is 6. The third-order valence-corrected chi connectivity index (χ3v) is 4.18. The Morgan fingerprint density at radius 3 is 2.70 bits per heavy atom. The van der Waals surface area contributed by atoms with E-state index in [1.807, 2.05) is 37.3 Å². The number of hydrogen-bond acceptors (Lipinski definition) is 5. The van der Waals surface area contributed by atoms with Gasteiger partial charge >= 0.3 is 5.97 Å². The van der Waals surface area contributed by atoms with E-state index in [2.05, 4.69) is 15.5 Å². The van der Waals surface area contributed by atoms with Crippen LogP contribution in [0.3, 0.4) is 0 Å². The van der Waals surface area contributed by atoms with E-state index in [4.69, 9.17) is 5.11 Å². The highest BCUT2D eigenvalue weighted by molar-refractivity contribution is 7.98. The van der Waals surface area contributed by atoms with Crippen molar-refractivity contribution in [2.45, 2.75) is 30.5 Å². The highest BCUT2D eigenvalue weighted by Gasteiger charge is 2.24. The number of hydrogen-bond donors (Lipinski definition) is 1. The lowest BCUT2D eigenvalue weighted by Gasteiger charge is -2.17. The zero-order chi connectivity index (χ0) is 14.5. The zero-order valence-electron chi connectivity index (χ0n) is 11.3. The fourth-order valence-corrected chi connectivity index (χ4v) is 2.54. The van der Waals surface area contributed by atoms with Crippen LogP contribution in [-0.4, -0.2) is 31.3 Å². The van der Waals surface area contributed by atoms with E-state index < -0.39 is 11.9 Å². The van der Waals surface area contributed by atoms with Crippen LogP contribution in [0.25, 0.3) is 0 Å². The number of carboxylic acid groups (broad SMARTS) is 1. The predicted octanol–water partition coefficient (Wildman–Crippen LogP) is 2.25. The summed E-state index contributed by atoms with van der Waals surface area (Å²) in [6.07, 6.45) is 0. The molecule has 0 saturated carbocycles. The first-order chi connectivity index (χ1) is 9.59. The summed E-state index contributed by atoms with van der Waals surface area (Å²) < 4.78 is 1.59. The molecule has 1 aromatic carbocycles. The van der Waals surface area contributed by atoms with E-state index in [-0.39, 0.29) is 6.04 Å². The molecule has 1 heterocycles. The van der Waals surface area contributed by atoms with Crippen molar-refractivity contribution in [2.24, 2.45) is 5.92 Å². The number of aliphatic carboxylic acids is 1. The van der Waals surface area contributed by atoms with Crippen molar-refractivity contribution in [3.8, 4) is 0 Å². The van der Waals surface area contributed by atoms with Crippen LogP contribution in [0.1, 0.15) is 25.7 Å². The first-order valence-electron chi connectivity index (χ1n) is 6.27. The second-order valence-corrected chi connectivity index (χ2v) is 5.56. The molecule has 2 aromatic rings. The van der Waals surface area contributed by atoms with Crippen molar-refractivity contribution >= 4 is 17.7 Å². The highest BCUT2D eigenvalue weighted by Crippen LogP contribution is 2.24. The van der Waals surface area contributed by atoms with Crippen LogP contribution in [0.15, 0.2) is 35.2 Å². The molecule has 2 unspecified atom stereocenters. The van der Waals surface area contributed by atoms with Gasteiger partial charge in [-0.15, -0.1) is 16.9 Å². The molecule has 2 rings (SSSR count). The Hall–Kier alpha value is -1.89. The molecule has 0 amide bonds. The molecule has 7 heteroatoms. The van der Waals surface area contributed by atoms with Crippen molar-refractivity contribution in [1.29, 1.82) is 0 Å². The number of nitrogens with zero attached hydrogens (tertiary/aromatic N) is 4. The average molecular weight is 292 g/mol. The fraction of sp³-hybridized carbons (Fsp3) is 0.385. The van der Waals surface area contributed by atoms with Crippen LogP contribution >= 0.6 is 11.8 Å². The zero-order valence-corrected chi connectivity index (χ0v) is 12.1. The lowest BCUT2D eigenvalue weighted by atomic mass is 10.0. The normalized spacial score (nSPS) is 13.9. The van der Waals surface area contributed by atoms with Gasteiger partial charge in [-0.25, -0.2) is 4.68 Å². The summed E-state index contributed by atoms with van der Waals surface area (Å²) in [6, 6.07) is 9.66. The molecule has 6 nitrogen and oxygen atoms in total. The molecule has 2 atom stereocenters. The summed E-state index contributed by atoms with van der Waals surface area (Å²) in [5.74, 6) is -0.110. The van der Waals surface area contributed by atoms with Gasteiger partial charge in [0, 0.05) is 4.90 Å². The topological polar surface area (TPSA) is 80.9 Å². The maximum atomic E-state index is 11.0. The van der Waals surface area contributed by atoms with Gasteiger partial charge in [-0.3, -0.25) is 4.79 Å². The third kappa shape index (κ3) is 3.36. The van der Waals surface area contributed by atoms with Gasteiger partial charge in [0.15, 0.2) is 5.82 Å².